The monoisotopic (exact) mass is 324 g/mol. The van der Waals surface area contributed by atoms with Gasteiger partial charge in [-0.15, -0.1) is 0 Å². The molecule has 0 radical (unpaired) electrons. The molecule has 5 heteroatoms. The van der Waals surface area contributed by atoms with Gasteiger partial charge in [0.2, 0.25) is 11.6 Å². The van der Waals surface area contributed by atoms with Crippen LogP contribution in [0.3, 0.4) is 0 Å². The smallest absolute Gasteiger partial charge is 0.327 e. The average molecular weight is 324 g/mol. The van der Waals surface area contributed by atoms with Crippen molar-refractivity contribution in [2.45, 2.75) is 79.1 Å². The molecule has 0 amide bonds. The third kappa shape index (κ3) is 3.24. The molecule has 0 N–H and O–H groups in total. The van der Waals surface area contributed by atoms with Crippen molar-refractivity contribution in [1.82, 2.24) is 0 Å². The predicted octanol–water partition coefficient (Wildman–Crippen LogP) is 3.38. The molecule has 0 aromatic carbocycles. The Morgan fingerprint density at radius 2 is 0.870 bits per heavy atom. The fraction of sp³-hybridized carbons (Fsp3) is 0.778. The van der Waals surface area contributed by atoms with Crippen LogP contribution in [-0.2, 0) is 23.9 Å². The summed E-state index contributed by atoms with van der Waals surface area (Å²) in [6.07, 6.45) is 3.23. The van der Waals surface area contributed by atoms with E-state index in [2.05, 4.69) is 0 Å². The summed E-state index contributed by atoms with van der Waals surface area (Å²) < 4.78 is 5.07. The molecule has 1 saturated heterocycles. The van der Waals surface area contributed by atoms with Crippen molar-refractivity contribution < 1.29 is 23.9 Å². The number of carbonyl (C=O) groups is 4. The zero-order valence-corrected chi connectivity index (χ0v) is 14.7. The normalized spacial score (nSPS) is 20.3. The Labute approximate surface area is 138 Å². The van der Waals surface area contributed by atoms with Gasteiger partial charge in [-0.3, -0.25) is 19.2 Å². The highest BCUT2D eigenvalue weighted by molar-refractivity contribution is 6.48. The first-order valence-electron chi connectivity index (χ1n) is 8.72. The van der Waals surface area contributed by atoms with Crippen LogP contribution in [0.2, 0.25) is 0 Å². The second-order valence-electron chi connectivity index (χ2n) is 6.50. The van der Waals surface area contributed by atoms with E-state index in [1.54, 1.807) is 0 Å². The van der Waals surface area contributed by atoms with Crippen molar-refractivity contribution in [3.63, 3.8) is 0 Å². The van der Waals surface area contributed by atoms with Crippen LogP contribution in [0, 0.1) is 10.8 Å². The van der Waals surface area contributed by atoms with Gasteiger partial charge in [0.05, 0.1) is 0 Å². The summed E-state index contributed by atoms with van der Waals surface area (Å²) >= 11 is 0. The molecule has 1 aliphatic heterocycles. The molecular weight excluding hydrogens is 296 g/mol. The van der Waals surface area contributed by atoms with Gasteiger partial charge in [-0.05, 0) is 25.7 Å². The van der Waals surface area contributed by atoms with Crippen LogP contribution in [0.4, 0.5) is 0 Å². The van der Waals surface area contributed by atoms with Gasteiger partial charge in [0, 0.05) is 0 Å². The van der Waals surface area contributed by atoms with Crippen LogP contribution in [-0.4, -0.2) is 23.5 Å². The summed E-state index contributed by atoms with van der Waals surface area (Å²) in [6.45, 7) is 7.39. The summed E-state index contributed by atoms with van der Waals surface area (Å²) in [7, 11) is 0. The van der Waals surface area contributed by atoms with Crippen molar-refractivity contribution in [1.29, 1.82) is 0 Å². The standard InChI is InChI=1S/C18H28O5/c1-5-9-17(10-6-2)13(19)14(20)18(11-7-3,12-8-4)16(22)23-15(17)21/h5-12H2,1-4H3. The molecule has 0 unspecified atom stereocenters. The van der Waals surface area contributed by atoms with E-state index >= 15 is 0 Å². The third-order valence-corrected chi connectivity index (χ3v) is 4.75. The molecule has 0 aliphatic carbocycles. The lowest BCUT2D eigenvalue weighted by Crippen LogP contribution is -2.46. The summed E-state index contributed by atoms with van der Waals surface area (Å²) in [4.78, 5) is 51.1. The first-order chi connectivity index (χ1) is 10.9. The zero-order valence-electron chi connectivity index (χ0n) is 14.7. The maximum atomic E-state index is 13.0. The summed E-state index contributed by atoms with van der Waals surface area (Å²) in [5, 5.41) is 0. The largest absolute Gasteiger partial charge is 0.392 e. The van der Waals surface area contributed by atoms with Crippen molar-refractivity contribution in [3.8, 4) is 0 Å². The zero-order chi connectivity index (χ0) is 17.7. The van der Waals surface area contributed by atoms with Gasteiger partial charge in [-0.25, -0.2) is 0 Å². The summed E-state index contributed by atoms with van der Waals surface area (Å²) in [5.41, 5.74) is -2.97. The van der Waals surface area contributed by atoms with E-state index in [0.717, 1.165) is 0 Å². The predicted molar refractivity (Wildman–Crippen MR) is 85.6 cm³/mol. The van der Waals surface area contributed by atoms with Crippen LogP contribution >= 0.6 is 0 Å². The second kappa shape index (κ2) is 7.84. The lowest BCUT2D eigenvalue weighted by molar-refractivity contribution is -0.172. The Morgan fingerprint density at radius 3 is 1.09 bits per heavy atom. The Kier molecular flexibility index (Phi) is 6.66. The Balaban J connectivity index is 3.47. The van der Waals surface area contributed by atoms with E-state index in [-0.39, 0.29) is 25.7 Å². The van der Waals surface area contributed by atoms with Crippen LogP contribution in [0.1, 0.15) is 79.1 Å². The number of ketones is 2. The molecule has 1 rings (SSSR count). The molecule has 0 atom stereocenters. The first kappa shape index (κ1) is 19.5. The molecule has 130 valence electrons. The van der Waals surface area contributed by atoms with Crippen LogP contribution in [0.5, 0.6) is 0 Å². The SMILES string of the molecule is CCCC1(CCC)C(=O)OC(=O)C(CCC)(CCC)C(=O)C1=O. The van der Waals surface area contributed by atoms with Gasteiger partial charge in [0.25, 0.3) is 0 Å². The van der Waals surface area contributed by atoms with Crippen molar-refractivity contribution in [2.75, 3.05) is 0 Å². The minimum absolute atomic E-state index is 0.242. The molecule has 0 spiro atoms. The summed E-state index contributed by atoms with van der Waals surface area (Å²) in [5.74, 6) is -3.12. The molecule has 1 heterocycles. The van der Waals surface area contributed by atoms with E-state index in [1.807, 2.05) is 27.7 Å². The molecule has 0 bridgehead atoms. The van der Waals surface area contributed by atoms with Crippen molar-refractivity contribution in [2.24, 2.45) is 10.8 Å². The van der Waals surface area contributed by atoms with Gasteiger partial charge in [0.15, 0.2) is 0 Å². The number of rotatable bonds is 8. The number of Topliss-reactive ketones (excluding diaryl/α,β-unsaturated/α-hetero) is 2. The summed E-state index contributed by atoms with van der Waals surface area (Å²) in [6, 6.07) is 0. The fourth-order valence-corrected chi connectivity index (χ4v) is 3.72. The highest BCUT2D eigenvalue weighted by atomic mass is 16.6. The topological polar surface area (TPSA) is 77.5 Å². The fourth-order valence-electron chi connectivity index (χ4n) is 3.72. The average Bonchev–Trinajstić information content (AvgIpc) is 2.56. The Morgan fingerprint density at radius 1 is 0.609 bits per heavy atom. The molecule has 0 saturated carbocycles. The molecule has 5 nitrogen and oxygen atoms in total. The Bertz CT molecular complexity index is 436. The van der Waals surface area contributed by atoms with Crippen LogP contribution < -0.4 is 0 Å². The van der Waals surface area contributed by atoms with E-state index in [9.17, 15) is 19.2 Å². The maximum absolute atomic E-state index is 13.0. The van der Waals surface area contributed by atoms with Gasteiger partial charge in [0.1, 0.15) is 10.8 Å². The van der Waals surface area contributed by atoms with Gasteiger partial charge >= 0.3 is 11.9 Å². The number of carbonyl (C=O) groups excluding carboxylic acids is 4. The highest BCUT2D eigenvalue weighted by Gasteiger charge is 2.60. The number of ether oxygens (including phenoxy) is 1. The molecule has 1 fully saturated rings. The van der Waals surface area contributed by atoms with E-state index in [0.29, 0.717) is 25.7 Å². The quantitative estimate of drug-likeness (QED) is 0.388. The number of cyclic esters (lactones) is 2. The Hall–Kier alpha value is -1.52. The van der Waals surface area contributed by atoms with Crippen molar-refractivity contribution in [3.05, 3.63) is 0 Å². The van der Waals surface area contributed by atoms with Gasteiger partial charge in [-0.1, -0.05) is 53.4 Å². The minimum atomic E-state index is -1.49. The van der Waals surface area contributed by atoms with E-state index in [1.165, 1.54) is 0 Å². The number of hydrogen-bond donors (Lipinski definition) is 0. The van der Waals surface area contributed by atoms with Gasteiger partial charge in [-0.2, -0.15) is 0 Å². The van der Waals surface area contributed by atoms with Crippen LogP contribution in [0.15, 0.2) is 0 Å². The van der Waals surface area contributed by atoms with Gasteiger partial charge < -0.3 is 4.74 Å². The molecule has 1 aliphatic rings. The van der Waals surface area contributed by atoms with E-state index in [4.69, 9.17) is 4.74 Å². The number of hydrogen-bond acceptors (Lipinski definition) is 5. The minimum Gasteiger partial charge on any atom is -0.392 e. The highest BCUT2D eigenvalue weighted by Crippen LogP contribution is 2.43. The molecule has 0 aromatic heterocycles. The molecule has 0 aromatic rings. The first-order valence-corrected chi connectivity index (χ1v) is 8.72. The number of esters is 2. The van der Waals surface area contributed by atoms with E-state index < -0.39 is 34.3 Å². The molecular formula is C18H28O5. The second-order valence-corrected chi connectivity index (χ2v) is 6.50. The van der Waals surface area contributed by atoms with Crippen LogP contribution in [0.25, 0.3) is 0 Å². The van der Waals surface area contributed by atoms with Crippen molar-refractivity contribution >= 4 is 23.5 Å². The lowest BCUT2D eigenvalue weighted by Gasteiger charge is -2.28. The third-order valence-electron chi connectivity index (χ3n) is 4.75. The molecule has 23 heavy (non-hydrogen) atoms. The maximum Gasteiger partial charge on any atom is 0.327 e. The lowest BCUT2D eigenvalue weighted by atomic mass is 9.67.